The first-order valence-electron chi connectivity index (χ1n) is 4.95. The van der Waals surface area contributed by atoms with Gasteiger partial charge in [-0.15, -0.1) is 25.0 Å². The van der Waals surface area contributed by atoms with Crippen molar-refractivity contribution >= 4 is 41.6 Å². The molecule has 2 nitrogen and oxygen atoms in total. The van der Waals surface area contributed by atoms with Crippen molar-refractivity contribution < 1.29 is 0 Å². The third-order valence-corrected chi connectivity index (χ3v) is 3.11. The lowest BCUT2D eigenvalue weighted by atomic mass is 9.99. The third kappa shape index (κ3) is 4.34. The Labute approximate surface area is 103 Å². The fourth-order valence-electron chi connectivity index (χ4n) is 1.91. The van der Waals surface area contributed by atoms with Crippen LogP contribution in [-0.4, -0.2) is 28.4 Å². The van der Waals surface area contributed by atoms with Crippen molar-refractivity contribution in [2.75, 3.05) is 13.1 Å². The van der Waals surface area contributed by atoms with Gasteiger partial charge in [0.25, 0.3) is 0 Å². The summed E-state index contributed by atoms with van der Waals surface area (Å²) < 4.78 is 0.752. The normalized spacial score (nSPS) is 21.6. The van der Waals surface area contributed by atoms with Crippen molar-refractivity contribution in [2.45, 2.75) is 38.1 Å². The van der Waals surface area contributed by atoms with Crippen LogP contribution < -0.4 is 5.73 Å². The van der Waals surface area contributed by atoms with Gasteiger partial charge in [0.05, 0.1) is 0 Å². The lowest BCUT2D eigenvalue weighted by Gasteiger charge is -2.36. The molecule has 0 bridgehead atoms. The first-order chi connectivity index (χ1) is 6.25. The summed E-state index contributed by atoms with van der Waals surface area (Å²) in [6.45, 7) is 1.86. The van der Waals surface area contributed by atoms with Crippen LogP contribution in [0.3, 0.4) is 0 Å². The Morgan fingerprint density at radius 2 is 2.21 bits per heavy atom. The minimum Gasteiger partial charge on any atom is -0.355 e. The summed E-state index contributed by atoms with van der Waals surface area (Å²) in [5.74, 6) is 0. The Hall–Kier alpha value is 0.490. The second-order valence-corrected chi connectivity index (χ2v) is 4.67. The number of rotatable bonds is 3. The molecule has 1 saturated heterocycles. The molecule has 1 rings (SSSR count). The summed E-state index contributed by atoms with van der Waals surface area (Å²) in [7, 11) is 0. The molecule has 1 aliphatic rings. The van der Waals surface area contributed by atoms with Gasteiger partial charge in [0.1, 0.15) is 4.32 Å². The van der Waals surface area contributed by atoms with Crippen LogP contribution in [-0.2, 0) is 0 Å². The molecule has 5 heteroatoms. The van der Waals surface area contributed by atoms with Crippen LogP contribution in [0.2, 0.25) is 0 Å². The Morgan fingerprint density at radius 1 is 1.50 bits per heavy atom. The average molecular weight is 255 g/mol. The van der Waals surface area contributed by atoms with Gasteiger partial charge in [0, 0.05) is 12.6 Å². The van der Waals surface area contributed by atoms with E-state index in [1.807, 2.05) is 0 Å². The highest BCUT2D eigenvalue weighted by molar-refractivity contribution is 8.10. The summed E-state index contributed by atoms with van der Waals surface area (Å²) in [5, 5.41) is 0. The highest BCUT2D eigenvalue weighted by Crippen LogP contribution is 2.21. The molecule has 0 aromatic carbocycles. The van der Waals surface area contributed by atoms with E-state index >= 15 is 0 Å². The molecule has 0 spiro atoms. The second-order valence-electron chi connectivity index (χ2n) is 3.56. The number of thiol groups is 1. The first kappa shape index (κ1) is 14.5. The number of hydrogen-bond donors (Lipinski definition) is 2. The maximum absolute atomic E-state index is 5.50. The molecular formula is C9H19ClN2S2. The van der Waals surface area contributed by atoms with Gasteiger partial charge in [0.2, 0.25) is 0 Å². The molecule has 0 amide bonds. The second kappa shape index (κ2) is 7.74. The number of piperidine rings is 1. The van der Waals surface area contributed by atoms with Crippen molar-refractivity contribution in [3.05, 3.63) is 0 Å². The van der Waals surface area contributed by atoms with Crippen LogP contribution in [0.5, 0.6) is 0 Å². The number of halogens is 1. The predicted octanol–water partition coefficient (Wildman–Crippen LogP) is 2.22. The Balaban J connectivity index is 0.00000169. The molecule has 14 heavy (non-hydrogen) atoms. The summed E-state index contributed by atoms with van der Waals surface area (Å²) in [6, 6.07) is 0.599. The van der Waals surface area contributed by atoms with Gasteiger partial charge in [-0.05, 0) is 38.6 Å². The Bertz CT molecular complexity index is 178. The summed E-state index contributed by atoms with van der Waals surface area (Å²) in [5.41, 5.74) is 5.50. The molecule has 2 N–H and O–H groups in total. The van der Waals surface area contributed by atoms with E-state index in [0.717, 1.165) is 30.3 Å². The Kier molecular flexibility index (Phi) is 8.01. The van der Waals surface area contributed by atoms with Gasteiger partial charge in [-0.2, -0.15) is 0 Å². The fraction of sp³-hybridized carbons (Fsp3) is 0.889. The van der Waals surface area contributed by atoms with Gasteiger partial charge in [0.15, 0.2) is 0 Å². The Morgan fingerprint density at radius 3 is 2.79 bits per heavy atom. The SMILES string of the molecule is Cl.NCCCC1CCCCN1C(=S)S. The number of hydrogen-bond acceptors (Lipinski definition) is 2. The van der Waals surface area contributed by atoms with Crippen LogP contribution >= 0.6 is 37.3 Å². The van der Waals surface area contributed by atoms with Gasteiger partial charge in [-0.3, -0.25) is 0 Å². The molecule has 0 aromatic rings. The zero-order valence-electron chi connectivity index (χ0n) is 8.32. The molecular weight excluding hydrogens is 236 g/mol. The van der Waals surface area contributed by atoms with E-state index in [9.17, 15) is 0 Å². The van der Waals surface area contributed by atoms with Gasteiger partial charge in [-0.1, -0.05) is 12.2 Å². The maximum Gasteiger partial charge on any atom is 0.133 e. The highest BCUT2D eigenvalue weighted by atomic mass is 35.5. The summed E-state index contributed by atoms with van der Waals surface area (Å²) in [4.78, 5) is 2.25. The smallest absolute Gasteiger partial charge is 0.133 e. The molecule has 0 saturated carbocycles. The molecule has 1 aliphatic heterocycles. The highest BCUT2D eigenvalue weighted by Gasteiger charge is 2.21. The lowest BCUT2D eigenvalue weighted by Crippen LogP contribution is -2.41. The van der Waals surface area contributed by atoms with Crippen LogP contribution in [0.1, 0.15) is 32.1 Å². The topological polar surface area (TPSA) is 29.3 Å². The van der Waals surface area contributed by atoms with Crippen molar-refractivity contribution in [2.24, 2.45) is 5.73 Å². The van der Waals surface area contributed by atoms with E-state index < -0.39 is 0 Å². The van der Waals surface area contributed by atoms with E-state index in [4.69, 9.17) is 18.0 Å². The third-order valence-electron chi connectivity index (χ3n) is 2.61. The summed E-state index contributed by atoms with van der Waals surface area (Å²) in [6.07, 6.45) is 6.08. The molecule has 0 radical (unpaired) electrons. The zero-order chi connectivity index (χ0) is 9.68. The fourth-order valence-corrected chi connectivity index (χ4v) is 2.41. The molecule has 84 valence electrons. The monoisotopic (exact) mass is 254 g/mol. The van der Waals surface area contributed by atoms with Crippen LogP contribution in [0.25, 0.3) is 0 Å². The standard InChI is InChI=1S/C9H18N2S2.ClH/c10-6-3-5-8-4-1-2-7-11(8)9(12)13;/h8H,1-7,10H2,(H,12,13);1H. The van der Waals surface area contributed by atoms with E-state index in [-0.39, 0.29) is 12.4 Å². The van der Waals surface area contributed by atoms with E-state index in [0.29, 0.717) is 6.04 Å². The molecule has 0 aliphatic carbocycles. The number of nitrogens with two attached hydrogens (primary N) is 1. The van der Waals surface area contributed by atoms with Gasteiger partial charge < -0.3 is 10.6 Å². The van der Waals surface area contributed by atoms with Gasteiger partial charge in [-0.25, -0.2) is 0 Å². The van der Waals surface area contributed by atoms with Crippen molar-refractivity contribution in [1.29, 1.82) is 0 Å². The van der Waals surface area contributed by atoms with E-state index in [2.05, 4.69) is 17.5 Å². The average Bonchev–Trinajstić information content (AvgIpc) is 2.15. The van der Waals surface area contributed by atoms with E-state index in [1.54, 1.807) is 0 Å². The minimum atomic E-state index is 0. The minimum absolute atomic E-state index is 0. The van der Waals surface area contributed by atoms with Crippen molar-refractivity contribution in [3.8, 4) is 0 Å². The van der Waals surface area contributed by atoms with Crippen LogP contribution in [0.15, 0.2) is 0 Å². The van der Waals surface area contributed by atoms with Crippen molar-refractivity contribution in [3.63, 3.8) is 0 Å². The lowest BCUT2D eigenvalue weighted by molar-refractivity contribution is 0.235. The first-order valence-corrected chi connectivity index (χ1v) is 5.81. The predicted molar refractivity (Wildman–Crippen MR) is 71.5 cm³/mol. The maximum atomic E-state index is 5.50. The quantitative estimate of drug-likeness (QED) is 0.598. The number of thiocarbonyl (C=S) groups is 1. The molecule has 1 fully saturated rings. The van der Waals surface area contributed by atoms with Crippen LogP contribution in [0, 0.1) is 0 Å². The van der Waals surface area contributed by atoms with Crippen LogP contribution in [0.4, 0.5) is 0 Å². The molecule has 1 atom stereocenters. The zero-order valence-corrected chi connectivity index (χ0v) is 10.8. The van der Waals surface area contributed by atoms with Gasteiger partial charge >= 0.3 is 0 Å². The van der Waals surface area contributed by atoms with E-state index in [1.165, 1.54) is 19.3 Å². The number of likely N-dealkylation sites (tertiary alicyclic amines) is 1. The summed E-state index contributed by atoms with van der Waals surface area (Å²) >= 11 is 9.35. The molecule has 0 aromatic heterocycles. The largest absolute Gasteiger partial charge is 0.355 e. The number of nitrogens with zero attached hydrogens (tertiary/aromatic N) is 1. The molecule has 1 unspecified atom stereocenters. The van der Waals surface area contributed by atoms with Crippen molar-refractivity contribution in [1.82, 2.24) is 4.90 Å². The molecule has 1 heterocycles.